The van der Waals surface area contributed by atoms with Gasteiger partial charge in [-0.25, -0.2) is 0 Å². The molecule has 3 rings (SSSR count). The van der Waals surface area contributed by atoms with E-state index in [1.807, 2.05) is 37.3 Å². The highest BCUT2D eigenvalue weighted by molar-refractivity contribution is 6.30. The zero-order valence-corrected chi connectivity index (χ0v) is 17.5. The highest BCUT2D eigenvalue weighted by Gasteiger charge is 2.44. The van der Waals surface area contributed by atoms with Crippen molar-refractivity contribution < 1.29 is 14.3 Å². The topological polar surface area (TPSA) is 58.6 Å². The Bertz CT molecular complexity index is 816. The average Bonchev–Trinajstić information content (AvgIpc) is 2.75. The quantitative estimate of drug-likeness (QED) is 0.687. The minimum absolute atomic E-state index is 0.0300. The molecule has 6 heteroatoms. The van der Waals surface area contributed by atoms with Crippen LogP contribution in [0.1, 0.15) is 31.7 Å². The van der Waals surface area contributed by atoms with Crippen LogP contribution in [-0.2, 0) is 19.7 Å². The number of carbonyl (C=O) groups excluding carboxylic acids is 2. The summed E-state index contributed by atoms with van der Waals surface area (Å²) >= 11 is 5.87. The molecule has 1 aliphatic heterocycles. The number of amides is 1. The van der Waals surface area contributed by atoms with Crippen molar-refractivity contribution in [1.29, 1.82) is 0 Å². The molecule has 154 valence electrons. The fraction of sp³-hybridized carbons (Fsp3) is 0.391. The summed E-state index contributed by atoms with van der Waals surface area (Å²) in [5.74, 6) is -0.177. The van der Waals surface area contributed by atoms with Crippen LogP contribution in [0.4, 0.5) is 5.69 Å². The number of esters is 1. The molecule has 0 radical (unpaired) electrons. The van der Waals surface area contributed by atoms with Gasteiger partial charge in [-0.15, -0.1) is 0 Å². The molecule has 29 heavy (non-hydrogen) atoms. The summed E-state index contributed by atoms with van der Waals surface area (Å²) in [7, 11) is 0. The van der Waals surface area contributed by atoms with Crippen molar-refractivity contribution in [3.05, 3.63) is 65.2 Å². The maximum Gasteiger partial charge on any atom is 0.316 e. The molecule has 2 aromatic rings. The first-order valence-corrected chi connectivity index (χ1v) is 10.4. The number of carbonyl (C=O) groups is 2. The molecule has 1 amide bonds. The fourth-order valence-corrected chi connectivity index (χ4v) is 3.94. The lowest BCUT2D eigenvalue weighted by atomic mass is 9.72. The van der Waals surface area contributed by atoms with Crippen molar-refractivity contribution in [2.24, 2.45) is 0 Å². The average molecular weight is 415 g/mol. The highest BCUT2D eigenvalue weighted by Crippen LogP contribution is 2.37. The smallest absolute Gasteiger partial charge is 0.316 e. The number of likely N-dealkylation sites (tertiary alicyclic amines) is 1. The van der Waals surface area contributed by atoms with Crippen LogP contribution in [0.3, 0.4) is 0 Å². The molecule has 1 saturated heterocycles. The number of benzene rings is 2. The molecule has 0 unspecified atom stereocenters. The van der Waals surface area contributed by atoms with E-state index in [1.54, 1.807) is 24.3 Å². The third-order valence-corrected chi connectivity index (χ3v) is 5.74. The molecule has 2 aromatic carbocycles. The summed E-state index contributed by atoms with van der Waals surface area (Å²) in [4.78, 5) is 27.3. The summed E-state index contributed by atoms with van der Waals surface area (Å²) in [6.07, 6.45) is 1.78. The number of hydrogen-bond acceptors (Lipinski definition) is 4. The van der Waals surface area contributed by atoms with Crippen molar-refractivity contribution in [3.63, 3.8) is 0 Å². The third kappa shape index (κ3) is 5.37. The van der Waals surface area contributed by atoms with E-state index in [0.29, 0.717) is 37.4 Å². The van der Waals surface area contributed by atoms with Crippen molar-refractivity contribution in [3.8, 4) is 0 Å². The number of hydrogen-bond donors (Lipinski definition) is 1. The monoisotopic (exact) mass is 414 g/mol. The van der Waals surface area contributed by atoms with Gasteiger partial charge in [-0.05, 0) is 62.7 Å². The molecule has 0 atom stereocenters. The number of anilines is 1. The van der Waals surface area contributed by atoms with Gasteiger partial charge in [-0.2, -0.15) is 0 Å². The van der Waals surface area contributed by atoms with Crippen molar-refractivity contribution in [1.82, 2.24) is 4.90 Å². The second-order valence-corrected chi connectivity index (χ2v) is 7.75. The third-order valence-electron chi connectivity index (χ3n) is 5.49. The van der Waals surface area contributed by atoms with E-state index >= 15 is 0 Å². The van der Waals surface area contributed by atoms with E-state index in [-0.39, 0.29) is 11.9 Å². The first-order chi connectivity index (χ1) is 14.0. The summed E-state index contributed by atoms with van der Waals surface area (Å²) in [5.41, 5.74) is 1.15. The number of nitrogens with zero attached hydrogens (tertiary/aromatic N) is 1. The molecular formula is C23H27ClN2O3. The van der Waals surface area contributed by atoms with Crippen LogP contribution in [0.5, 0.6) is 0 Å². The minimum atomic E-state index is -0.598. The Balaban J connectivity index is 1.55. The second kappa shape index (κ2) is 9.90. The molecule has 1 aliphatic rings. The van der Waals surface area contributed by atoms with Gasteiger partial charge in [0, 0.05) is 23.7 Å². The van der Waals surface area contributed by atoms with E-state index in [0.717, 1.165) is 24.3 Å². The molecule has 0 aromatic heterocycles. The van der Waals surface area contributed by atoms with Gasteiger partial charge in [-0.1, -0.05) is 41.9 Å². The molecule has 1 heterocycles. The Morgan fingerprint density at radius 3 is 2.34 bits per heavy atom. The van der Waals surface area contributed by atoms with Crippen molar-refractivity contribution >= 4 is 29.2 Å². The van der Waals surface area contributed by atoms with Gasteiger partial charge in [0.15, 0.2) is 0 Å². The lowest BCUT2D eigenvalue weighted by Gasteiger charge is -2.40. The number of nitrogens with one attached hydrogen (secondary N) is 1. The molecule has 1 N–H and O–H groups in total. The van der Waals surface area contributed by atoms with Crippen LogP contribution in [0, 0.1) is 0 Å². The van der Waals surface area contributed by atoms with Crippen LogP contribution in [-0.4, -0.2) is 43.0 Å². The minimum Gasteiger partial charge on any atom is -0.465 e. The van der Waals surface area contributed by atoms with E-state index in [9.17, 15) is 9.59 Å². The maximum absolute atomic E-state index is 12.8. The molecule has 1 fully saturated rings. The number of piperidine rings is 1. The lowest BCUT2D eigenvalue weighted by Crippen LogP contribution is -2.48. The predicted molar refractivity (Wildman–Crippen MR) is 115 cm³/mol. The molecule has 0 aliphatic carbocycles. The Labute approximate surface area is 177 Å². The molecular weight excluding hydrogens is 388 g/mol. The summed E-state index contributed by atoms with van der Waals surface area (Å²) in [6.45, 7) is 4.38. The highest BCUT2D eigenvalue weighted by atomic mass is 35.5. The summed E-state index contributed by atoms with van der Waals surface area (Å²) in [6, 6.07) is 17.0. The number of rotatable bonds is 7. The first-order valence-electron chi connectivity index (χ1n) is 10.0. The summed E-state index contributed by atoms with van der Waals surface area (Å²) in [5, 5.41) is 3.53. The SMILES string of the molecule is CCOC(=O)C1(c2ccccc2)CCN(CCC(=O)Nc2ccc(Cl)cc2)CC1. The summed E-state index contributed by atoms with van der Waals surface area (Å²) < 4.78 is 5.42. The fourth-order valence-electron chi connectivity index (χ4n) is 3.81. The van der Waals surface area contributed by atoms with E-state index < -0.39 is 5.41 Å². The van der Waals surface area contributed by atoms with Gasteiger partial charge in [0.25, 0.3) is 0 Å². The molecule has 0 saturated carbocycles. The van der Waals surface area contributed by atoms with Crippen LogP contribution in [0.15, 0.2) is 54.6 Å². The van der Waals surface area contributed by atoms with Crippen LogP contribution in [0.25, 0.3) is 0 Å². The zero-order valence-electron chi connectivity index (χ0n) is 16.7. The van der Waals surface area contributed by atoms with Crippen molar-refractivity contribution in [2.75, 3.05) is 31.6 Å². The van der Waals surface area contributed by atoms with Gasteiger partial charge in [0.1, 0.15) is 0 Å². The zero-order chi connectivity index (χ0) is 20.7. The number of halogens is 1. The van der Waals surface area contributed by atoms with E-state index in [4.69, 9.17) is 16.3 Å². The Morgan fingerprint density at radius 2 is 1.72 bits per heavy atom. The normalized spacial score (nSPS) is 16.2. The van der Waals surface area contributed by atoms with E-state index in [2.05, 4.69) is 10.2 Å². The molecule has 0 spiro atoms. The van der Waals surface area contributed by atoms with Gasteiger partial charge >= 0.3 is 5.97 Å². The Morgan fingerprint density at radius 1 is 1.07 bits per heavy atom. The van der Waals surface area contributed by atoms with Crippen molar-refractivity contribution in [2.45, 2.75) is 31.6 Å². The van der Waals surface area contributed by atoms with Crippen LogP contribution in [0.2, 0.25) is 5.02 Å². The molecule has 0 bridgehead atoms. The van der Waals surface area contributed by atoms with Crippen LogP contribution >= 0.6 is 11.6 Å². The van der Waals surface area contributed by atoms with Gasteiger partial charge in [0.2, 0.25) is 5.91 Å². The second-order valence-electron chi connectivity index (χ2n) is 7.32. The Hall–Kier alpha value is -2.37. The van der Waals surface area contributed by atoms with Gasteiger partial charge in [0.05, 0.1) is 12.0 Å². The maximum atomic E-state index is 12.8. The van der Waals surface area contributed by atoms with E-state index in [1.165, 1.54) is 0 Å². The first kappa shape index (κ1) is 21.3. The standard InChI is InChI=1S/C23H27ClN2O3/c1-2-29-22(28)23(18-6-4-3-5-7-18)13-16-26(17-14-23)15-12-21(27)25-20-10-8-19(24)9-11-20/h3-11H,2,12-17H2,1H3,(H,25,27). The Kier molecular flexibility index (Phi) is 7.29. The van der Waals surface area contributed by atoms with Crippen LogP contribution < -0.4 is 5.32 Å². The predicted octanol–water partition coefficient (Wildman–Crippen LogP) is 4.27. The van der Waals surface area contributed by atoms with Gasteiger partial charge < -0.3 is 15.0 Å². The van der Waals surface area contributed by atoms with Gasteiger partial charge in [-0.3, -0.25) is 9.59 Å². The number of ether oxygens (including phenoxy) is 1. The molecule has 5 nitrogen and oxygen atoms in total. The lowest BCUT2D eigenvalue weighted by molar-refractivity contribution is -0.152. The largest absolute Gasteiger partial charge is 0.465 e.